The number of ether oxygens (including phenoxy) is 1. The summed E-state index contributed by atoms with van der Waals surface area (Å²) in [7, 11) is 0. The number of carbonyl (C=O) groups is 2. The molecule has 3 unspecified atom stereocenters. The Morgan fingerprint density at radius 3 is 1.21 bits per heavy atom. The standard InChI is InChI=1S/C60H111NO5/c1-4-7-10-13-16-19-22-25-27-29-31-33-35-38-41-44-47-50-53-60(65)66-56(51-48-45-42-39-36-34-32-30-28-26-23-20-17-14-11-8-5-2)54-59(64)61-57(55-62)58(63)52-49-46-43-40-37-24-21-18-15-12-9-6-3/h17,20,26,28,31-34,56-58,62-63H,4-16,18-19,21-25,27,29-30,35-55H2,1-3H3,(H,61,64)/b20-17-,28-26-,33-31+,34-32-. The van der Waals surface area contributed by atoms with Crippen molar-refractivity contribution in [2.24, 2.45) is 0 Å². The van der Waals surface area contributed by atoms with Gasteiger partial charge in [0.25, 0.3) is 0 Å². The largest absolute Gasteiger partial charge is 0.462 e. The van der Waals surface area contributed by atoms with Gasteiger partial charge in [0.1, 0.15) is 6.10 Å². The van der Waals surface area contributed by atoms with Gasteiger partial charge in [-0.3, -0.25) is 9.59 Å². The van der Waals surface area contributed by atoms with E-state index in [1.807, 2.05) is 0 Å². The molecule has 0 saturated heterocycles. The minimum atomic E-state index is -0.795. The second-order valence-electron chi connectivity index (χ2n) is 19.7. The first-order valence-electron chi connectivity index (χ1n) is 28.9. The highest BCUT2D eigenvalue weighted by atomic mass is 16.5. The average molecular weight is 927 g/mol. The summed E-state index contributed by atoms with van der Waals surface area (Å²) in [5.74, 6) is -0.495. The SMILES string of the molecule is CCCCC/C=C\C/C=C\C/C=C\CCCCCCC(CC(=O)NC(CO)C(O)CCCCCCCCCCCCCC)OC(=O)CCCCCCC/C=C/CCCCCCCCCCC. The van der Waals surface area contributed by atoms with Gasteiger partial charge in [-0.2, -0.15) is 0 Å². The molecule has 3 atom stereocenters. The van der Waals surface area contributed by atoms with E-state index in [2.05, 4.69) is 74.7 Å². The Labute approximate surface area is 410 Å². The normalized spacial score (nSPS) is 13.5. The number of hydrogen-bond acceptors (Lipinski definition) is 5. The number of nitrogens with one attached hydrogen (secondary N) is 1. The van der Waals surface area contributed by atoms with Crippen molar-refractivity contribution in [2.45, 2.75) is 315 Å². The third-order valence-electron chi connectivity index (χ3n) is 13.1. The van der Waals surface area contributed by atoms with Crippen molar-refractivity contribution in [1.82, 2.24) is 5.32 Å². The second kappa shape index (κ2) is 53.8. The maximum atomic E-state index is 13.3. The van der Waals surface area contributed by atoms with Crippen LogP contribution in [-0.2, 0) is 14.3 Å². The maximum absolute atomic E-state index is 13.3. The Hall–Kier alpha value is -2.18. The van der Waals surface area contributed by atoms with E-state index < -0.39 is 18.2 Å². The van der Waals surface area contributed by atoms with Crippen LogP contribution in [0.2, 0.25) is 0 Å². The first-order chi connectivity index (χ1) is 32.5. The smallest absolute Gasteiger partial charge is 0.306 e. The number of carbonyl (C=O) groups excluding carboxylic acids is 2. The van der Waals surface area contributed by atoms with E-state index in [9.17, 15) is 19.8 Å². The molecule has 0 aromatic carbocycles. The fourth-order valence-corrected chi connectivity index (χ4v) is 8.73. The third kappa shape index (κ3) is 48.3. The monoisotopic (exact) mass is 926 g/mol. The van der Waals surface area contributed by atoms with Crippen LogP contribution in [0.25, 0.3) is 0 Å². The fourth-order valence-electron chi connectivity index (χ4n) is 8.73. The van der Waals surface area contributed by atoms with Crippen molar-refractivity contribution in [3.8, 4) is 0 Å². The molecule has 6 nitrogen and oxygen atoms in total. The molecule has 0 aliphatic heterocycles. The number of rotatable bonds is 52. The summed E-state index contributed by atoms with van der Waals surface area (Å²) in [4.78, 5) is 26.3. The molecular weight excluding hydrogens is 815 g/mol. The maximum Gasteiger partial charge on any atom is 0.306 e. The van der Waals surface area contributed by atoms with Gasteiger partial charge in [0, 0.05) is 6.42 Å². The number of aliphatic hydroxyl groups excluding tert-OH is 2. The Kier molecular flexibility index (Phi) is 52.0. The summed E-state index contributed by atoms with van der Waals surface area (Å²) in [5.41, 5.74) is 0. The zero-order valence-corrected chi connectivity index (χ0v) is 44.1. The van der Waals surface area contributed by atoms with Crippen molar-refractivity contribution in [2.75, 3.05) is 6.61 Å². The number of amides is 1. The predicted octanol–water partition coefficient (Wildman–Crippen LogP) is 17.8. The topological polar surface area (TPSA) is 95.9 Å². The molecule has 3 N–H and O–H groups in total. The Bertz CT molecular complexity index is 1130. The zero-order valence-electron chi connectivity index (χ0n) is 44.1. The molecule has 0 aliphatic carbocycles. The van der Waals surface area contributed by atoms with Gasteiger partial charge in [0.2, 0.25) is 5.91 Å². The van der Waals surface area contributed by atoms with Crippen LogP contribution in [-0.4, -0.2) is 46.9 Å². The van der Waals surface area contributed by atoms with Gasteiger partial charge in [-0.1, -0.05) is 243 Å². The van der Waals surface area contributed by atoms with Crippen LogP contribution in [0.1, 0.15) is 297 Å². The van der Waals surface area contributed by atoms with Crippen LogP contribution >= 0.6 is 0 Å². The molecule has 386 valence electrons. The van der Waals surface area contributed by atoms with Gasteiger partial charge in [0.15, 0.2) is 0 Å². The molecule has 0 bridgehead atoms. The molecule has 0 saturated carbocycles. The van der Waals surface area contributed by atoms with Crippen LogP contribution in [0.5, 0.6) is 0 Å². The Morgan fingerprint density at radius 1 is 0.439 bits per heavy atom. The van der Waals surface area contributed by atoms with Gasteiger partial charge >= 0.3 is 5.97 Å². The van der Waals surface area contributed by atoms with Crippen molar-refractivity contribution in [3.05, 3.63) is 48.6 Å². The minimum Gasteiger partial charge on any atom is -0.462 e. The van der Waals surface area contributed by atoms with E-state index in [0.29, 0.717) is 19.3 Å². The molecule has 0 aliphatic rings. The Balaban J connectivity index is 4.61. The van der Waals surface area contributed by atoms with Gasteiger partial charge in [0.05, 0.1) is 25.2 Å². The number of allylic oxidation sites excluding steroid dienone is 8. The summed E-state index contributed by atoms with van der Waals surface area (Å²) in [6.07, 6.45) is 66.0. The minimum absolute atomic E-state index is 0.0606. The lowest BCUT2D eigenvalue weighted by Gasteiger charge is -2.24. The molecular formula is C60H111NO5. The lowest BCUT2D eigenvalue weighted by molar-refractivity contribution is -0.151. The summed E-state index contributed by atoms with van der Waals surface area (Å²) in [6.45, 7) is 6.47. The lowest BCUT2D eigenvalue weighted by Crippen LogP contribution is -2.46. The van der Waals surface area contributed by atoms with E-state index in [0.717, 1.165) is 89.9 Å². The Morgan fingerprint density at radius 2 is 0.773 bits per heavy atom. The first-order valence-corrected chi connectivity index (χ1v) is 28.9. The van der Waals surface area contributed by atoms with Crippen molar-refractivity contribution in [3.63, 3.8) is 0 Å². The van der Waals surface area contributed by atoms with Crippen LogP contribution < -0.4 is 5.32 Å². The number of aliphatic hydroxyl groups is 2. The molecule has 0 heterocycles. The summed E-state index contributed by atoms with van der Waals surface area (Å²) >= 11 is 0. The number of unbranched alkanes of at least 4 members (excludes halogenated alkanes) is 32. The fraction of sp³-hybridized carbons (Fsp3) is 0.833. The van der Waals surface area contributed by atoms with E-state index in [1.165, 1.54) is 161 Å². The van der Waals surface area contributed by atoms with Gasteiger partial charge in [-0.15, -0.1) is 0 Å². The summed E-state index contributed by atoms with van der Waals surface area (Å²) in [5, 5.41) is 23.8. The second-order valence-corrected chi connectivity index (χ2v) is 19.7. The molecule has 0 spiro atoms. The van der Waals surface area contributed by atoms with E-state index in [4.69, 9.17) is 4.74 Å². The highest BCUT2D eigenvalue weighted by Crippen LogP contribution is 2.18. The molecule has 0 aromatic heterocycles. The van der Waals surface area contributed by atoms with Crippen molar-refractivity contribution in [1.29, 1.82) is 0 Å². The summed E-state index contributed by atoms with van der Waals surface area (Å²) in [6, 6.07) is -0.711. The predicted molar refractivity (Wildman–Crippen MR) is 287 cm³/mol. The van der Waals surface area contributed by atoms with Crippen LogP contribution in [0.15, 0.2) is 48.6 Å². The highest BCUT2D eigenvalue weighted by molar-refractivity contribution is 5.77. The molecule has 0 aromatic rings. The van der Waals surface area contributed by atoms with E-state index >= 15 is 0 Å². The lowest BCUT2D eigenvalue weighted by atomic mass is 10.0. The molecule has 0 radical (unpaired) electrons. The van der Waals surface area contributed by atoms with Gasteiger partial charge < -0.3 is 20.3 Å². The third-order valence-corrected chi connectivity index (χ3v) is 13.1. The quantitative estimate of drug-likeness (QED) is 0.0321. The van der Waals surface area contributed by atoms with E-state index in [1.54, 1.807) is 0 Å². The van der Waals surface area contributed by atoms with Crippen LogP contribution in [0.3, 0.4) is 0 Å². The average Bonchev–Trinajstić information content (AvgIpc) is 3.31. The molecule has 0 fully saturated rings. The number of hydrogen-bond donors (Lipinski definition) is 3. The van der Waals surface area contributed by atoms with Gasteiger partial charge in [-0.25, -0.2) is 0 Å². The van der Waals surface area contributed by atoms with Crippen LogP contribution in [0.4, 0.5) is 0 Å². The van der Waals surface area contributed by atoms with Crippen LogP contribution in [0, 0.1) is 0 Å². The highest BCUT2D eigenvalue weighted by Gasteiger charge is 2.24. The van der Waals surface area contributed by atoms with Crippen molar-refractivity contribution >= 4 is 11.9 Å². The molecule has 1 amide bonds. The van der Waals surface area contributed by atoms with E-state index in [-0.39, 0.29) is 24.9 Å². The van der Waals surface area contributed by atoms with Gasteiger partial charge in [-0.05, 0) is 89.9 Å². The molecule has 66 heavy (non-hydrogen) atoms. The number of esters is 1. The molecule has 0 rings (SSSR count). The molecule has 6 heteroatoms. The van der Waals surface area contributed by atoms with Crippen molar-refractivity contribution < 1.29 is 24.5 Å². The summed E-state index contributed by atoms with van der Waals surface area (Å²) < 4.78 is 5.95. The zero-order chi connectivity index (χ0) is 48.1. The first kappa shape index (κ1) is 63.8.